The third-order valence-electron chi connectivity index (χ3n) is 3.76. The number of nitrogens with zero attached hydrogens (tertiary/aromatic N) is 1. The van der Waals surface area contributed by atoms with E-state index in [9.17, 15) is 0 Å². The number of guanidine groups is 1. The van der Waals surface area contributed by atoms with Gasteiger partial charge in [-0.1, -0.05) is 6.07 Å². The van der Waals surface area contributed by atoms with Crippen molar-refractivity contribution in [1.82, 2.24) is 5.32 Å². The number of hydrogen-bond acceptors (Lipinski definition) is 4. The Morgan fingerprint density at radius 1 is 1.04 bits per heavy atom. The molecule has 7 heteroatoms. The van der Waals surface area contributed by atoms with Crippen LogP contribution in [-0.4, -0.2) is 33.8 Å². The number of rotatable bonds is 7. The van der Waals surface area contributed by atoms with Gasteiger partial charge in [0.05, 0.1) is 20.8 Å². The molecule has 0 aliphatic heterocycles. The van der Waals surface area contributed by atoms with Crippen molar-refractivity contribution in [3.63, 3.8) is 0 Å². The maximum Gasteiger partial charge on any atom is 0.195 e. The van der Waals surface area contributed by atoms with Gasteiger partial charge in [0.2, 0.25) is 0 Å². The number of aliphatic imine (C=N–C) groups is 1. The first-order chi connectivity index (χ1) is 12.6. The zero-order valence-electron chi connectivity index (χ0n) is 16.5. The Morgan fingerprint density at radius 3 is 2.44 bits per heavy atom. The van der Waals surface area contributed by atoms with E-state index >= 15 is 0 Å². The van der Waals surface area contributed by atoms with Crippen LogP contribution in [0.1, 0.15) is 18.1 Å². The fourth-order valence-corrected chi connectivity index (χ4v) is 2.57. The first-order valence-electron chi connectivity index (χ1n) is 8.52. The molecule has 27 heavy (non-hydrogen) atoms. The second-order valence-corrected chi connectivity index (χ2v) is 5.71. The molecule has 0 saturated carbocycles. The van der Waals surface area contributed by atoms with Crippen molar-refractivity contribution in [2.45, 2.75) is 20.4 Å². The number of anilines is 1. The van der Waals surface area contributed by atoms with Crippen LogP contribution in [0.2, 0.25) is 0 Å². The Morgan fingerprint density at radius 2 is 1.81 bits per heavy atom. The smallest absolute Gasteiger partial charge is 0.195 e. The third kappa shape index (κ3) is 6.82. The van der Waals surface area contributed by atoms with Gasteiger partial charge in [-0.15, -0.1) is 24.0 Å². The summed E-state index contributed by atoms with van der Waals surface area (Å²) in [4.78, 5) is 4.27. The fraction of sp³-hybridized carbons (Fsp3) is 0.350. The highest BCUT2D eigenvalue weighted by Crippen LogP contribution is 2.30. The highest BCUT2D eigenvalue weighted by molar-refractivity contribution is 14.0. The fourth-order valence-electron chi connectivity index (χ4n) is 2.57. The maximum absolute atomic E-state index is 5.54. The molecule has 2 aromatic rings. The molecule has 0 atom stereocenters. The lowest BCUT2D eigenvalue weighted by atomic mass is 10.1. The molecule has 2 N–H and O–H groups in total. The first kappa shape index (κ1) is 22.9. The predicted octanol–water partition coefficient (Wildman–Crippen LogP) is 4.22. The second-order valence-electron chi connectivity index (χ2n) is 5.71. The van der Waals surface area contributed by atoms with Gasteiger partial charge in [0.1, 0.15) is 5.75 Å². The largest absolute Gasteiger partial charge is 0.497 e. The molecule has 148 valence electrons. The van der Waals surface area contributed by atoms with Crippen molar-refractivity contribution in [1.29, 1.82) is 0 Å². The van der Waals surface area contributed by atoms with E-state index in [2.05, 4.69) is 21.7 Å². The average Bonchev–Trinajstić information content (AvgIpc) is 2.65. The number of ether oxygens (including phenoxy) is 3. The monoisotopic (exact) mass is 485 g/mol. The Hall–Kier alpha value is -2.16. The number of hydrogen-bond donors (Lipinski definition) is 2. The zero-order chi connectivity index (χ0) is 18.9. The van der Waals surface area contributed by atoms with Crippen molar-refractivity contribution in [3.05, 3.63) is 47.5 Å². The van der Waals surface area contributed by atoms with Crippen molar-refractivity contribution in [3.8, 4) is 17.2 Å². The molecule has 0 aliphatic carbocycles. The lowest BCUT2D eigenvalue weighted by Crippen LogP contribution is -2.30. The number of aryl methyl sites for hydroxylation is 1. The molecule has 0 radical (unpaired) electrons. The Bertz CT molecular complexity index is 766. The molecule has 0 unspecified atom stereocenters. The Balaban J connectivity index is 0.00000364. The van der Waals surface area contributed by atoms with Crippen LogP contribution in [-0.2, 0) is 6.54 Å². The van der Waals surface area contributed by atoms with Crippen LogP contribution in [0.25, 0.3) is 0 Å². The molecular formula is C20H28IN3O3. The quantitative estimate of drug-likeness (QED) is 0.350. The van der Waals surface area contributed by atoms with Crippen LogP contribution in [0.5, 0.6) is 17.2 Å². The third-order valence-corrected chi connectivity index (χ3v) is 3.76. The van der Waals surface area contributed by atoms with Gasteiger partial charge in [0.15, 0.2) is 17.5 Å². The topological polar surface area (TPSA) is 64.1 Å². The molecular weight excluding hydrogens is 457 g/mol. The Labute approximate surface area is 178 Å². The van der Waals surface area contributed by atoms with Crippen molar-refractivity contribution in [2.75, 3.05) is 33.2 Å². The summed E-state index contributed by atoms with van der Waals surface area (Å²) in [5, 5.41) is 6.56. The van der Waals surface area contributed by atoms with Crippen LogP contribution < -0.4 is 24.8 Å². The number of methoxy groups -OCH3 is 2. The van der Waals surface area contributed by atoms with Crippen LogP contribution in [0.15, 0.2) is 41.4 Å². The first-order valence-corrected chi connectivity index (χ1v) is 8.52. The van der Waals surface area contributed by atoms with Gasteiger partial charge in [0.25, 0.3) is 0 Å². The summed E-state index contributed by atoms with van der Waals surface area (Å²) in [5.74, 6) is 2.91. The van der Waals surface area contributed by atoms with Gasteiger partial charge in [-0.2, -0.15) is 0 Å². The molecule has 0 amide bonds. The van der Waals surface area contributed by atoms with Crippen molar-refractivity contribution < 1.29 is 14.2 Å². The molecule has 0 heterocycles. The molecule has 0 aliphatic rings. The van der Waals surface area contributed by atoms with Crippen LogP contribution in [0.4, 0.5) is 5.69 Å². The van der Waals surface area contributed by atoms with Crippen molar-refractivity contribution >= 4 is 35.6 Å². The molecule has 6 nitrogen and oxygen atoms in total. The summed E-state index contributed by atoms with van der Waals surface area (Å²) < 4.78 is 16.2. The van der Waals surface area contributed by atoms with Crippen LogP contribution in [0.3, 0.4) is 0 Å². The van der Waals surface area contributed by atoms with Crippen molar-refractivity contribution in [2.24, 2.45) is 4.99 Å². The molecule has 0 spiro atoms. The second kappa shape index (κ2) is 11.5. The molecule has 0 aromatic heterocycles. The van der Waals surface area contributed by atoms with E-state index < -0.39 is 0 Å². The minimum Gasteiger partial charge on any atom is -0.497 e. The highest BCUT2D eigenvalue weighted by atomic mass is 127. The Kier molecular flexibility index (Phi) is 9.77. The van der Waals surface area contributed by atoms with Gasteiger partial charge < -0.3 is 24.8 Å². The maximum atomic E-state index is 5.54. The lowest BCUT2D eigenvalue weighted by molar-refractivity contribution is 0.311. The molecule has 2 aromatic carbocycles. The standard InChI is InChI=1S/C20H27N3O3.HI/c1-6-26-18-8-7-16(12-19(18)25-5)23-20(21-3)22-13-15-9-14(2)10-17(11-15)24-4;/h7-12H,6,13H2,1-5H3,(H2,21,22,23);1H. The van der Waals surface area contributed by atoms with E-state index in [1.807, 2.05) is 44.2 Å². The van der Waals surface area contributed by atoms with E-state index in [0.29, 0.717) is 24.9 Å². The summed E-state index contributed by atoms with van der Waals surface area (Å²) in [6, 6.07) is 11.8. The zero-order valence-corrected chi connectivity index (χ0v) is 18.8. The number of benzene rings is 2. The average molecular weight is 485 g/mol. The minimum absolute atomic E-state index is 0. The van der Waals surface area contributed by atoms with Gasteiger partial charge in [-0.3, -0.25) is 4.99 Å². The molecule has 2 rings (SSSR count). The molecule has 0 saturated heterocycles. The van der Waals surface area contributed by atoms with E-state index in [0.717, 1.165) is 28.3 Å². The van der Waals surface area contributed by atoms with Gasteiger partial charge in [-0.05, 0) is 49.2 Å². The predicted molar refractivity (Wildman–Crippen MR) is 121 cm³/mol. The SMILES string of the molecule is CCOc1ccc(NC(=NC)NCc2cc(C)cc(OC)c2)cc1OC.I. The highest BCUT2D eigenvalue weighted by Gasteiger charge is 2.07. The lowest BCUT2D eigenvalue weighted by Gasteiger charge is -2.15. The van der Waals surface area contributed by atoms with E-state index in [1.165, 1.54) is 0 Å². The summed E-state index contributed by atoms with van der Waals surface area (Å²) in [5.41, 5.74) is 3.13. The van der Waals surface area contributed by atoms with Gasteiger partial charge in [-0.25, -0.2) is 0 Å². The van der Waals surface area contributed by atoms with Gasteiger partial charge in [0, 0.05) is 25.3 Å². The molecule has 0 bridgehead atoms. The minimum atomic E-state index is 0. The van der Waals surface area contributed by atoms with Crippen LogP contribution >= 0.6 is 24.0 Å². The summed E-state index contributed by atoms with van der Waals surface area (Å²) in [7, 11) is 5.03. The van der Waals surface area contributed by atoms with Crippen LogP contribution in [0, 0.1) is 6.92 Å². The summed E-state index contributed by atoms with van der Waals surface area (Å²) in [6.07, 6.45) is 0. The van der Waals surface area contributed by atoms with E-state index in [4.69, 9.17) is 14.2 Å². The summed E-state index contributed by atoms with van der Waals surface area (Å²) >= 11 is 0. The normalized spacial score (nSPS) is 10.6. The number of nitrogens with one attached hydrogen (secondary N) is 2. The number of halogens is 1. The van der Waals surface area contributed by atoms with E-state index in [1.54, 1.807) is 21.3 Å². The molecule has 0 fully saturated rings. The summed E-state index contributed by atoms with van der Waals surface area (Å²) in [6.45, 7) is 5.21. The van der Waals surface area contributed by atoms with Gasteiger partial charge >= 0.3 is 0 Å². The van der Waals surface area contributed by atoms with E-state index in [-0.39, 0.29) is 24.0 Å².